The van der Waals surface area contributed by atoms with Crippen molar-refractivity contribution < 1.29 is 4.79 Å². The molecule has 0 aliphatic carbocycles. The third-order valence-corrected chi connectivity index (χ3v) is 3.75. The van der Waals surface area contributed by atoms with Crippen LogP contribution in [0, 0.1) is 0 Å². The van der Waals surface area contributed by atoms with Crippen LogP contribution < -0.4 is 5.32 Å². The Morgan fingerprint density at radius 2 is 2.04 bits per heavy atom. The maximum absolute atomic E-state index is 12.3. The fraction of sp³-hybridized carbons (Fsp3) is 0.353. The molecule has 0 saturated carbocycles. The van der Waals surface area contributed by atoms with E-state index in [1.165, 1.54) is 0 Å². The van der Waals surface area contributed by atoms with E-state index in [1.807, 2.05) is 38.1 Å². The van der Waals surface area contributed by atoms with Crippen molar-refractivity contribution in [2.45, 2.75) is 20.3 Å². The molecule has 0 saturated heterocycles. The predicted molar refractivity (Wildman–Crippen MR) is 92.9 cm³/mol. The highest BCUT2D eigenvalue weighted by atomic mass is 35.5. The predicted octanol–water partition coefficient (Wildman–Crippen LogP) is 3.27. The lowest BCUT2D eigenvalue weighted by atomic mass is 10.1. The molecule has 6 heteroatoms. The molecule has 1 amide bonds. The van der Waals surface area contributed by atoms with Gasteiger partial charge in [-0.2, -0.15) is 0 Å². The molecule has 0 fully saturated rings. The number of halogens is 1. The van der Waals surface area contributed by atoms with Crippen molar-refractivity contribution in [2.75, 3.05) is 25.0 Å². The smallest absolute Gasteiger partial charge is 0.272 e. The van der Waals surface area contributed by atoms with Gasteiger partial charge < -0.3 is 10.2 Å². The zero-order chi connectivity index (χ0) is 16.7. The monoisotopic (exact) mass is 332 g/mol. The lowest BCUT2D eigenvalue weighted by molar-refractivity contribution is 0.0767. The lowest BCUT2D eigenvalue weighted by Crippen LogP contribution is -2.31. The van der Waals surface area contributed by atoms with Crippen molar-refractivity contribution in [3.05, 3.63) is 52.8 Å². The largest absolute Gasteiger partial charge is 0.354 e. The van der Waals surface area contributed by atoms with Gasteiger partial charge in [0.2, 0.25) is 5.95 Å². The van der Waals surface area contributed by atoms with Gasteiger partial charge in [-0.15, -0.1) is 0 Å². The normalized spacial score (nSPS) is 10.4. The molecular weight excluding hydrogens is 312 g/mol. The first-order valence-electron chi connectivity index (χ1n) is 7.74. The van der Waals surface area contributed by atoms with Gasteiger partial charge in [-0.3, -0.25) is 4.79 Å². The summed E-state index contributed by atoms with van der Waals surface area (Å²) in [5.41, 5.74) is 1.55. The molecule has 0 radical (unpaired) electrons. The molecule has 1 aromatic carbocycles. The second-order valence-electron chi connectivity index (χ2n) is 5.05. The van der Waals surface area contributed by atoms with Gasteiger partial charge in [-0.05, 0) is 44.0 Å². The number of carbonyl (C=O) groups excluding carboxylic acids is 1. The summed E-state index contributed by atoms with van der Waals surface area (Å²) in [6, 6.07) is 9.38. The van der Waals surface area contributed by atoms with Crippen LogP contribution in [0.2, 0.25) is 5.02 Å². The van der Waals surface area contributed by atoms with Crippen LogP contribution in [0.5, 0.6) is 0 Å². The van der Waals surface area contributed by atoms with Gasteiger partial charge in [-0.25, -0.2) is 9.97 Å². The number of hydrogen-bond acceptors (Lipinski definition) is 4. The third-order valence-electron chi connectivity index (χ3n) is 3.51. The van der Waals surface area contributed by atoms with Crippen molar-refractivity contribution >= 4 is 23.5 Å². The molecule has 5 nitrogen and oxygen atoms in total. The van der Waals surface area contributed by atoms with Crippen LogP contribution >= 0.6 is 11.6 Å². The fourth-order valence-corrected chi connectivity index (χ4v) is 2.46. The molecule has 1 N–H and O–H groups in total. The highest BCUT2D eigenvalue weighted by Gasteiger charge is 2.14. The number of anilines is 1. The third kappa shape index (κ3) is 4.93. The molecule has 122 valence electrons. The van der Waals surface area contributed by atoms with Crippen LogP contribution in [0.1, 0.15) is 29.9 Å². The molecule has 0 unspecified atom stereocenters. The van der Waals surface area contributed by atoms with Crippen molar-refractivity contribution in [1.82, 2.24) is 14.9 Å². The first kappa shape index (κ1) is 17.2. The molecular formula is C17H21ClN4O. The Kier molecular flexibility index (Phi) is 6.35. The topological polar surface area (TPSA) is 58.1 Å². The maximum atomic E-state index is 12.3. The summed E-state index contributed by atoms with van der Waals surface area (Å²) in [4.78, 5) is 22.5. The van der Waals surface area contributed by atoms with Gasteiger partial charge >= 0.3 is 0 Å². The number of aromatic nitrogens is 2. The van der Waals surface area contributed by atoms with E-state index < -0.39 is 0 Å². The van der Waals surface area contributed by atoms with Gasteiger partial charge in [-0.1, -0.05) is 23.7 Å². The van der Waals surface area contributed by atoms with E-state index in [0.717, 1.165) is 17.0 Å². The van der Waals surface area contributed by atoms with Crippen molar-refractivity contribution in [3.8, 4) is 0 Å². The summed E-state index contributed by atoms with van der Waals surface area (Å²) in [5, 5.41) is 3.87. The van der Waals surface area contributed by atoms with E-state index in [2.05, 4.69) is 15.3 Å². The van der Waals surface area contributed by atoms with Gasteiger partial charge in [0.1, 0.15) is 5.69 Å². The van der Waals surface area contributed by atoms with E-state index in [9.17, 15) is 4.79 Å². The van der Waals surface area contributed by atoms with Crippen LogP contribution in [0.15, 0.2) is 36.5 Å². The average molecular weight is 333 g/mol. The summed E-state index contributed by atoms with van der Waals surface area (Å²) in [7, 11) is 0. The maximum Gasteiger partial charge on any atom is 0.272 e. The number of benzene rings is 1. The molecule has 0 atom stereocenters. The SMILES string of the molecule is CCN(CC)C(=O)c1ccnc(NCCc2cccc(Cl)c2)n1. The zero-order valence-corrected chi connectivity index (χ0v) is 14.2. The Bertz CT molecular complexity index is 659. The fourth-order valence-electron chi connectivity index (χ4n) is 2.25. The van der Waals surface area contributed by atoms with Crippen LogP contribution in [-0.4, -0.2) is 40.4 Å². The lowest BCUT2D eigenvalue weighted by Gasteiger charge is -2.18. The van der Waals surface area contributed by atoms with Crippen LogP contribution in [-0.2, 0) is 6.42 Å². The zero-order valence-electron chi connectivity index (χ0n) is 13.4. The van der Waals surface area contributed by atoms with Crippen LogP contribution in [0.25, 0.3) is 0 Å². The molecule has 23 heavy (non-hydrogen) atoms. The molecule has 1 aromatic heterocycles. The summed E-state index contributed by atoms with van der Waals surface area (Å²) < 4.78 is 0. The van der Waals surface area contributed by atoms with E-state index in [1.54, 1.807) is 17.2 Å². The minimum absolute atomic E-state index is 0.0738. The number of rotatable bonds is 7. The molecule has 0 bridgehead atoms. The highest BCUT2D eigenvalue weighted by Crippen LogP contribution is 2.11. The molecule has 0 aliphatic rings. The summed E-state index contributed by atoms with van der Waals surface area (Å²) in [5.74, 6) is 0.389. The Labute approximate surface area is 141 Å². The van der Waals surface area contributed by atoms with Gasteiger partial charge in [0.25, 0.3) is 5.91 Å². The number of nitrogens with one attached hydrogen (secondary N) is 1. The van der Waals surface area contributed by atoms with Crippen LogP contribution in [0.3, 0.4) is 0 Å². The first-order chi connectivity index (χ1) is 11.1. The van der Waals surface area contributed by atoms with Crippen LogP contribution in [0.4, 0.5) is 5.95 Å². The van der Waals surface area contributed by atoms with E-state index in [4.69, 9.17) is 11.6 Å². The van der Waals surface area contributed by atoms with Crippen molar-refractivity contribution in [2.24, 2.45) is 0 Å². The molecule has 0 spiro atoms. The Morgan fingerprint density at radius 3 is 2.74 bits per heavy atom. The number of hydrogen-bond donors (Lipinski definition) is 1. The average Bonchev–Trinajstić information content (AvgIpc) is 2.56. The molecule has 2 aromatic rings. The Morgan fingerprint density at radius 1 is 1.26 bits per heavy atom. The number of carbonyl (C=O) groups is 1. The Balaban J connectivity index is 1.96. The second-order valence-corrected chi connectivity index (χ2v) is 5.49. The molecule has 0 aliphatic heterocycles. The van der Waals surface area contributed by atoms with E-state index in [0.29, 0.717) is 31.3 Å². The van der Waals surface area contributed by atoms with Gasteiger partial charge in [0, 0.05) is 30.9 Å². The van der Waals surface area contributed by atoms with E-state index in [-0.39, 0.29) is 5.91 Å². The minimum atomic E-state index is -0.0738. The minimum Gasteiger partial charge on any atom is -0.354 e. The first-order valence-corrected chi connectivity index (χ1v) is 8.12. The summed E-state index contributed by atoms with van der Waals surface area (Å²) in [6.07, 6.45) is 2.41. The quantitative estimate of drug-likeness (QED) is 0.845. The second kappa shape index (κ2) is 8.48. The Hall–Kier alpha value is -2.14. The standard InChI is InChI=1S/C17H21ClN4O/c1-3-22(4-2)16(23)15-9-11-20-17(21-15)19-10-8-13-6-5-7-14(18)12-13/h5-7,9,11-12H,3-4,8,10H2,1-2H3,(H,19,20,21). The summed E-state index contributed by atoms with van der Waals surface area (Å²) >= 11 is 5.97. The van der Waals surface area contributed by atoms with Crippen molar-refractivity contribution in [3.63, 3.8) is 0 Å². The van der Waals surface area contributed by atoms with Gasteiger partial charge in [0.15, 0.2) is 0 Å². The van der Waals surface area contributed by atoms with Crippen molar-refractivity contribution in [1.29, 1.82) is 0 Å². The highest BCUT2D eigenvalue weighted by molar-refractivity contribution is 6.30. The van der Waals surface area contributed by atoms with E-state index >= 15 is 0 Å². The molecule has 1 heterocycles. The van der Waals surface area contributed by atoms with Gasteiger partial charge in [0.05, 0.1) is 0 Å². The summed E-state index contributed by atoms with van der Waals surface area (Å²) in [6.45, 7) is 5.90. The number of nitrogens with zero attached hydrogens (tertiary/aromatic N) is 3. The molecule has 2 rings (SSSR count). The number of amides is 1.